The van der Waals surface area contributed by atoms with Gasteiger partial charge in [-0.1, -0.05) is 69.0 Å². The molecular formula is C19H26O2. The van der Waals surface area contributed by atoms with Crippen molar-refractivity contribution in [3.05, 3.63) is 66.3 Å². The highest BCUT2D eigenvalue weighted by Gasteiger charge is 2.24. The van der Waals surface area contributed by atoms with Crippen molar-refractivity contribution in [2.45, 2.75) is 40.2 Å². The summed E-state index contributed by atoms with van der Waals surface area (Å²) >= 11 is 0. The van der Waals surface area contributed by atoms with Crippen LogP contribution in [0.25, 0.3) is 5.57 Å². The molecule has 0 aliphatic rings. The average Bonchev–Trinajstić information content (AvgIpc) is 2.49. The highest BCUT2D eigenvalue weighted by molar-refractivity contribution is 6.02. The van der Waals surface area contributed by atoms with E-state index in [9.17, 15) is 9.90 Å². The molecule has 2 heteroatoms. The summed E-state index contributed by atoms with van der Waals surface area (Å²) in [6.45, 7) is 12.6. The Morgan fingerprint density at radius 1 is 1.14 bits per heavy atom. The van der Waals surface area contributed by atoms with Crippen LogP contribution in [0.2, 0.25) is 0 Å². The predicted molar refractivity (Wildman–Crippen MR) is 91.4 cm³/mol. The van der Waals surface area contributed by atoms with Gasteiger partial charge in [0.25, 0.3) is 0 Å². The van der Waals surface area contributed by atoms with E-state index in [2.05, 4.69) is 6.58 Å². The Morgan fingerprint density at radius 2 is 1.62 bits per heavy atom. The normalized spacial score (nSPS) is 11.8. The summed E-state index contributed by atoms with van der Waals surface area (Å²) in [6.07, 6.45) is 7.54. The van der Waals surface area contributed by atoms with E-state index < -0.39 is 5.60 Å². The first-order chi connectivity index (χ1) is 9.90. The summed E-state index contributed by atoms with van der Waals surface area (Å²) in [4.78, 5) is 11.9. The molecule has 0 unspecified atom stereocenters. The number of carbonyl (C=O) groups excluding carboxylic acids is 1. The molecule has 1 aromatic carbocycles. The summed E-state index contributed by atoms with van der Waals surface area (Å²) in [6, 6.07) is 7.23. The van der Waals surface area contributed by atoms with Gasteiger partial charge in [0.1, 0.15) is 5.60 Å². The highest BCUT2D eigenvalue weighted by Crippen LogP contribution is 2.19. The third-order valence-corrected chi connectivity index (χ3v) is 2.76. The van der Waals surface area contributed by atoms with E-state index in [0.717, 1.165) is 11.1 Å². The Hall–Kier alpha value is -1.93. The van der Waals surface area contributed by atoms with Gasteiger partial charge in [0.2, 0.25) is 0 Å². The van der Waals surface area contributed by atoms with Gasteiger partial charge in [-0.3, -0.25) is 4.79 Å². The molecule has 1 aromatic rings. The maximum atomic E-state index is 11.9. The minimum Gasteiger partial charge on any atom is -0.382 e. The lowest BCUT2D eigenvalue weighted by molar-refractivity contribution is 0.0488. The van der Waals surface area contributed by atoms with E-state index in [1.54, 1.807) is 18.2 Å². The number of benzene rings is 1. The third kappa shape index (κ3) is 5.92. The number of Topliss-reactive ketones (excluding diaryl/α,β-unsaturated/α-hetero) is 1. The summed E-state index contributed by atoms with van der Waals surface area (Å²) in [7, 11) is 0. The monoisotopic (exact) mass is 286 g/mol. The van der Waals surface area contributed by atoms with Crippen LogP contribution in [0.4, 0.5) is 0 Å². The maximum Gasteiger partial charge on any atom is 0.193 e. The lowest BCUT2D eigenvalue weighted by Crippen LogP contribution is -2.30. The second-order valence-corrected chi connectivity index (χ2v) is 4.80. The molecule has 1 rings (SSSR count). The van der Waals surface area contributed by atoms with Gasteiger partial charge >= 0.3 is 0 Å². The quantitative estimate of drug-likeness (QED) is 0.623. The fourth-order valence-corrected chi connectivity index (χ4v) is 1.70. The fourth-order valence-electron chi connectivity index (χ4n) is 1.70. The third-order valence-electron chi connectivity index (χ3n) is 2.76. The second kappa shape index (κ2) is 9.09. The van der Waals surface area contributed by atoms with Crippen LogP contribution in [-0.2, 0) is 0 Å². The lowest BCUT2D eigenvalue weighted by atomic mass is 9.95. The molecule has 0 heterocycles. The molecule has 0 aliphatic heterocycles. The zero-order valence-electron chi connectivity index (χ0n) is 13.7. The van der Waals surface area contributed by atoms with Crippen LogP contribution in [0, 0.1) is 0 Å². The number of ketones is 1. The zero-order chi connectivity index (χ0) is 16.5. The summed E-state index contributed by atoms with van der Waals surface area (Å²) in [5, 5.41) is 9.70. The molecule has 0 bridgehead atoms. The van der Waals surface area contributed by atoms with Gasteiger partial charge in [-0.15, -0.1) is 0 Å². The highest BCUT2D eigenvalue weighted by atomic mass is 16.3. The number of aliphatic hydroxyl groups is 1. The lowest BCUT2D eigenvalue weighted by Gasteiger charge is -2.15. The van der Waals surface area contributed by atoms with Gasteiger partial charge in [0, 0.05) is 5.56 Å². The van der Waals surface area contributed by atoms with E-state index in [0.29, 0.717) is 5.56 Å². The van der Waals surface area contributed by atoms with Gasteiger partial charge in [0.15, 0.2) is 5.78 Å². The molecule has 2 nitrogen and oxygen atoms in total. The molecule has 0 atom stereocenters. The van der Waals surface area contributed by atoms with Crippen molar-refractivity contribution < 1.29 is 9.90 Å². The van der Waals surface area contributed by atoms with Crippen LogP contribution in [0.15, 0.2) is 55.1 Å². The molecule has 0 spiro atoms. The SMILES string of the molecule is C=C/C=C\C(=C/C)c1ccc(C(=O)C(C)(C)O)cc1.CC. The molecule has 0 saturated carbocycles. The minimum absolute atomic E-state index is 0.275. The number of allylic oxidation sites excluding steroid dienone is 5. The van der Waals surface area contributed by atoms with E-state index >= 15 is 0 Å². The van der Waals surface area contributed by atoms with Crippen molar-refractivity contribution in [3.63, 3.8) is 0 Å². The van der Waals surface area contributed by atoms with Crippen LogP contribution in [0.5, 0.6) is 0 Å². The van der Waals surface area contributed by atoms with E-state index in [1.807, 2.05) is 51.1 Å². The van der Waals surface area contributed by atoms with Crippen LogP contribution in [-0.4, -0.2) is 16.5 Å². The Kier molecular flexibility index (Phi) is 8.25. The molecule has 0 radical (unpaired) electrons. The van der Waals surface area contributed by atoms with Crippen LogP contribution >= 0.6 is 0 Å². The first-order valence-electron chi connectivity index (χ1n) is 7.23. The zero-order valence-corrected chi connectivity index (χ0v) is 13.7. The Bertz CT molecular complexity index is 511. The smallest absolute Gasteiger partial charge is 0.193 e. The number of carbonyl (C=O) groups is 1. The summed E-state index contributed by atoms with van der Waals surface area (Å²) < 4.78 is 0. The summed E-state index contributed by atoms with van der Waals surface area (Å²) in [5.41, 5.74) is 1.25. The van der Waals surface area contributed by atoms with Crippen molar-refractivity contribution >= 4 is 11.4 Å². The molecule has 1 N–H and O–H groups in total. The van der Waals surface area contributed by atoms with Gasteiger partial charge in [-0.25, -0.2) is 0 Å². The predicted octanol–water partition coefficient (Wildman–Crippen LogP) is 4.81. The maximum absolute atomic E-state index is 11.9. The van der Waals surface area contributed by atoms with Crippen molar-refractivity contribution in [1.82, 2.24) is 0 Å². The second-order valence-electron chi connectivity index (χ2n) is 4.80. The van der Waals surface area contributed by atoms with Gasteiger partial charge in [-0.2, -0.15) is 0 Å². The molecule has 114 valence electrons. The van der Waals surface area contributed by atoms with E-state index in [-0.39, 0.29) is 5.78 Å². The average molecular weight is 286 g/mol. The topological polar surface area (TPSA) is 37.3 Å². The van der Waals surface area contributed by atoms with Crippen molar-refractivity contribution in [2.24, 2.45) is 0 Å². The molecule has 0 aromatic heterocycles. The van der Waals surface area contributed by atoms with Crippen LogP contribution in [0.3, 0.4) is 0 Å². The van der Waals surface area contributed by atoms with E-state index in [4.69, 9.17) is 0 Å². The van der Waals surface area contributed by atoms with Gasteiger partial charge < -0.3 is 5.11 Å². The van der Waals surface area contributed by atoms with Crippen molar-refractivity contribution in [3.8, 4) is 0 Å². The Balaban J connectivity index is 0.00000191. The number of hydrogen-bond acceptors (Lipinski definition) is 2. The minimum atomic E-state index is -1.34. The van der Waals surface area contributed by atoms with Crippen molar-refractivity contribution in [1.29, 1.82) is 0 Å². The first kappa shape index (κ1) is 19.1. The van der Waals surface area contributed by atoms with Crippen LogP contribution < -0.4 is 0 Å². The fraction of sp³-hybridized carbons (Fsp3) is 0.316. The molecule has 0 saturated heterocycles. The largest absolute Gasteiger partial charge is 0.382 e. The Morgan fingerprint density at radius 3 is 2.00 bits per heavy atom. The van der Waals surface area contributed by atoms with E-state index in [1.165, 1.54) is 13.8 Å². The molecular weight excluding hydrogens is 260 g/mol. The standard InChI is InChI=1S/C17H20O2.C2H6/c1-5-7-8-13(6-2)14-9-11-15(12-10-14)16(18)17(3,4)19;1-2/h5-12,19H,1H2,2-4H3;1-2H3/b8-7-,13-6+;. The Labute approximate surface area is 128 Å². The molecule has 21 heavy (non-hydrogen) atoms. The first-order valence-corrected chi connectivity index (χ1v) is 7.23. The number of rotatable bonds is 5. The molecule has 0 aliphatic carbocycles. The van der Waals surface area contributed by atoms with Crippen molar-refractivity contribution in [2.75, 3.05) is 0 Å². The number of hydrogen-bond donors (Lipinski definition) is 1. The van der Waals surface area contributed by atoms with Gasteiger partial charge in [0.05, 0.1) is 0 Å². The van der Waals surface area contributed by atoms with Gasteiger partial charge in [-0.05, 0) is 31.9 Å². The summed E-state index contributed by atoms with van der Waals surface area (Å²) in [5.74, 6) is -0.275. The molecule has 0 amide bonds. The van der Waals surface area contributed by atoms with Crippen LogP contribution in [0.1, 0.15) is 50.5 Å². The molecule has 0 fully saturated rings.